The van der Waals surface area contributed by atoms with Crippen LogP contribution in [0.4, 0.5) is 0 Å². The van der Waals surface area contributed by atoms with E-state index in [2.05, 4.69) is 17.4 Å². The first-order chi connectivity index (χ1) is 9.75. The summed E-state index contributed by atoms with van der Waals surface area (Å²) in [5, 5.41) is 5.39. The summed E-state index contributed by atoms with van der Waals surface area (Å²) >= 11 is 1.69. The van der Waals surface area contributed by atoms with Gasteiger partial charge in [-0.15, -0.1) is 11.3 Å². The first kappa shape index (κ1) is 13.3. The molecule has 20 heavy (non-hydrogen) atoms. The van der Waals surface area contributed by atoms with E-state index in [9.17, 15) is 4.79 Å². The SMILES string of the molecule is CN(Cc1cccs1)C(=O)c1cccc2c1CCNC2. The van der Waals surface area contributed by atoms with Crippen molar-refractivity contribution in [2.45, 2.75) is 19.5 Å². The van der Waals surface area contributed by atoms with E-state index in [-0.39, 0.29) is 5.91 Å². The molecule has 104 valence electrons. The number of hydrogen-bond acceptors (Lipinski definition) is 3. The molecular weight excluding hydrogens is 268 g/mol. The summed E-state index contributed by atoms with van der Waals surface area (Å²) in [6, 6.07) is 10.1. The molecule has 2 aromatic rings. The van der Waals surface area contributed by atoms with Crippen LogP contribution in [0.25, 0.3) is 0 Å². The molecule has 1 N–H and O–H groups in total. The van der Waals surface area contributed by atoms with Crippen molar-refractivity contribution < 1.29 is 4.79 Å². The van der Waals surface area contributed by atoms with Crippen LogP contribution in [0, 0.1) is 0 Å². The normalized spacial score (nSPS) is 13.8. The molecule has 1 aromatic carbocycles. The average molecular weight is 286 g/mol. The van der Waals surface area contributed by atoms with Crippen LogP contribution < -0.4 is 5.32 Å². The van der Waals surface area contributed by atoms with E-state index in [0.29, 0.717) is 6.54 Å². The molecule has 1 aliphatic heterocycles. The van der Waals surface area contributed by atoms with Gasteiger partial charge < -0.3 is 10.2 Å². The van der Waals surface area contributed by atoms with Gasteiger partial charge in [-0.2, -0.15) is 0 Å². The van der Waals surface area contributed by atoms with E-state index < -0.39 is 0 Å². The van der Waals surface area contributed by atoms with Crippen molar-refractivity contribution >= 4 is 17.2 Å². The first-order valence-electron chi connectivity index (χ1n) is 6.85. The van der Waals surface area contributed by atoms with Gasteiger partial charge in [-0.3, -0.25) is 4.79 Å². The quantitative estimate of drug-likeness (QED) is 0.941. The van der Waals surface area contributed by atoms with Gasteiger partial charge in [0.2, 0.25) is 0 Å². The number of thiophene rings is 1. The van der Waals surface area contributed by atoms with Gasteiger partial charge in [0, 0.05) is 24.0 Å². The molecule has 0 saturated heterocycles. The van der Waals surface area contributed by atoms with Gasteiger partial charge in [-0.1, -0.05) is 18.2 Å². The highest BCUT2D eigenvalue weighted by molar-refractivity contribution is 7.09. The second-order valence-electron chi connectivity index (χ2n) is 5.11. The van der Waals surface area contributed by atoms with Crippen molar-refractivity contribution in [2.24, 2.45) is 0 Å². The van der Waals surface area contributed by atoms with Crippen molar-refractivity contribution in [3.05, 3.63) is 57.3 Å². The predicted octanol–water partition coefficient (Wildman–Crippen LogP) is 2.67. The third-order valence-electron chi connectivity index (χ3n) is 3.69. The number of rotatable bonds is 3. The molecule has 3 nitrogen and oxygen atoms in total. The summed E-state index contributed by atoms with van der Waals surface area (Å²) in [5.41, 5.74) is 3.34. The summed E-state index contributed by atoms with van der Waals surface area (Å²) in [6.07, 6.45) is 0.935. The van der Waals surface area contributed by atoms with Gasteiger partial charge in [0.05, 0.1) is 6.54 Å². The number of benzene rings is 1. The predicted molar refractivity (Wildman–Crippen MR) is 82.0 cm³/mol. The third-order valence-corrected chi connectivity index (χ3v) is 4.55. The monoisotopic (exact) mass is 286 g/mol. The van der Waals surface area contributed by atoms with Crippen LogP contribution in [-0.2, 0) is 19.5 Å². The Bertz CT molecular complexity index is 607. The number of amides is 1. The smallest absolute Gasteiger partial charge is 0.254 e. The molecule has 0 fully saturated rings. The zero-order chi connectivity index (χ0) is 13.9. The molecule has 0 radical (unpaired) electrons. The van der Waals surface area contributed by atoms with Gasteiger partial charge >= 0.3 is 0 Å². The Morgan fingerprint density at radius 3 is 3.05 bits per heavy atom. The number of fused-ring (bicyclic) bond motifs is 1. The Morgan fingerprint density at radius 2 is 2.25 bits per heavy atom. The number of nitrogens with zero attached hydrogens (tertiary/aromatic N) is 1. The third kappa shape index (κ3) is 2.62. The van der Waals surface area contributed by atoms with Crippen LogP contribution in [0.3, 0.4) is 0 Å². The van der Waals surface area contributed by atoms with Crippen molar-refractivity contribution in [1.29, 1.82) is 0 Å². The maximum atomic E-state index is 12.7. The lowest BCUT2D eigenvalue weighted by Gasteiger charge is -2.23. The number of carbonyl (C=O) groups is 1. The lowest BCUT2D eigenvalue weighted by atomic mass is 9.95. The van der Waals surface area contributed by atoms with Crippen LogP contribution in [0.2, 0.25) is 0 Å². The first-order valence-corrected chi connectivity index (χ1v) is 7.73. The zero-order valence-electron chi connectivity index (χ0n) is 11.6. The van der Waals surface area contributed by atoms with Crippen molar-refractivity contribution in [1.82, 2.24) is 10.2 Å². The van der Waals surface area contributed by atoms with E-state index in [1.54, 1.807) is 11.3 Å². The Kier molecular flexibility index (Phi) is 3.85. The minimum Gasteiger partial charge on any atom is -0.337 e. The van der Waals surface area contributed by atoms with E-state index in [1.807, 2.05) is 35.5 Å². The van der Waals surface area contributed by atoms with Gasteiger partial charge in [0.1, 0.15) is 0 Å². The fourth-order valence-electron chi connectivity index (χ4n) is 2.65. The van der Waals surface area contributed by atoms with Crippen molar-refractivity contribution in [3.8, 4) is 0 Å². The van der Waals surface area contributed by atoms with Crippen molar-refractivity contribution in [3.63, 3.8) is 0 Å². The van der Waals surface area contributed by atoms with Gasteiger partial charge in [-0.25, -0.2) is 0 Å². The fraction of sp³-hybridized carbons (Fsp3) is 0.312. The summed E-state index contributed by atoms with van der Waals surface area (Å²) in [7, 11) is 1.88. The highest BCUT2D eigenvalue weighted by Crippen LogP contribution is 2.21. The standard InChI is InChI=1S/C16H18N2OS/c1-18(11-13-5-3-9-20-13)16(19)15-6-2-4-12-10-17-8-7-14(12)15/h2-6,9,17H,7-8,10-11H2,1H3. The molecule has 0 spiro atoms. The van der Waals surface area contributed by atoms with Crippen LogP contribution in [-0.4, -0.2) is 24.4 Å². The molecule has 0 unspecified atom stereocenters. The number of hydrogen-bond donors (Lipinski definition) is 1. The second-order valence-corrected chi connectivity index (χ2v) is 6.14. The topological polar surface area (TPSA) is 32.3 Å². The van der Waals surface area contributed by atoms with Crippen LogP contribution >= 0.6 is 11.3 Å². The summed E-state index contributed by atoms with van der Waals surface area (Å²) in [4.78, 5) is 15.7. The minimum absolute atomic E-state index is 0.122. The maximum Gasteiger partial charge on any atom is 0.254 e. The second kappa shape index (κ2) is 5.77. The van der Waals surface area contributed by atoms with Gasteiger partial charge in [0.25, 0.3) is 5.91 Å². The molecule has 1 aliphatic rings. The summed E-state index contributed by atoms with van der Waals surface area (Å²) in [5.74, 6) is 0.122. The maximum absolute atomic E-state index is 12.7. The molecule has 2 heterocycles. The summed E-state index contributed by atoms with van der Waals surface area (Å²) in [6.45, 7) is 2.50. The van der Waals surface area contributed by atoms with Gasteiger partial charge in [-0.05, 0) is 41.6 Å². The average Bonchev–Trinajstić information content (AvgIpc) is 2.99. The molecule has 0 bridgehead atoms. The molecule has 4 heteroatoms. The number of carbonyl (C=O) groups excluding carboxylic acids is 1. The zero-order valence-corrected chi connectivity index (χ0v) is 12.4. The van der Waals surface area contributed by atoms with Crippen LogP contribution in [0.15, 0.2) is 35.7 Å². The summed E-state index contributed by atoms with van der Waals surface area (Å²) < 4.78 is 0. The molecular formula is C16H18N2OS. The van der Waals surface area contributed by atoms with Gasteiger partial charge in [0.15, 0.2) is 0 Å². The molecule has 1 aromatic heterocycles. The molecule has 0 aliphatic carbocycles. The van der Waals surface area contributed by atoms with E-state index >= 15 is 0 Å². The van der Waals surface area contributed by atoms with Crippen molar-refractivity contribution in [2.75, 3.05) is 13.6 Å². The van der Waals surface area contributed by atoms with E-state index in [0.717, 1.165) is 25.1 Å². The lowest BCUT2D eigenvalue weighted by molar-refractivity contribution is 0.0785. The Morgan fingerprint density at radius 1 is 1.35 bits per heavy atom. The lowest BCUT2D eigenvalue weighted by Crippen LogP contribution is -2.30. The largest absolute Gasteiger partial charge is 0.337 e. The minimum atomic E-state index is 0.122. The fourth-order valence-corrected chi connectivity index (χ4v) is 3.40. The highest BCUT2D eigenvalue weighted by Gasteiger charge is 2.20. The molecule has 3 rings (SSSR count). The molecule has 0 atom stereocenters. The molecule has 1 amide bonds. The van der Waals surface area contributed by atoms with Crippen LogP contribution in [0.1, 0.15) is 26.4 Å². The molecule has 0 saturated carbocycles. The Balaban J connectivity index is 1.83. The highest BCUT2D eigenvalue weighted by atomic mass is 32.1. The van der Waals surface area contributed by atoms with E-state index in [4.69, 9.17) is 0 Å². The Labute approximate surface area is 123 Å². The van der Waals surface area contributed by atoms with E-state index in [1.165, 1.54) is 16.0 Å². The Hall–Kier alpha value is -1.65. The number of nitrogens with one attached hydrogen (secondary N) is 1. The van der Waals surface area contributed by atoms with Crippen LogP contribution in [0.5, 0.6) is 0 Å².